The fourth-order valence-corrected chi connectivity index (χ4v) is 3.32. The number of nitrogens with one attached hydrogen (secondary N) is 2. The lowest BCUT2D eigenvalue weighted by molar-refractivity contribution is -0.123. The summed E-state index contributed by atoms with van der Waals surface area (Å²) in [6.07, 6.45) is 1.51. The molecule has 0 saturated heterocycles. The molecule has 0 bridgehead atoms. The number of ether oxygens (including phenoxy) is 2. The molecule has 0 spiro atoms. The normalized spacial score (nSPS) is 11.8. The highest BCUT2D eigenvalue weighted by molar-refractivity contribution is 6.30. The molecule has 3 rings (SSSR count). The van der Waals surface area contributed by atoms with E-state index < -0.39 is 11.9 Å². The van der Waals surface area contributed by atoms with Gasteiger partial charge in [0.1, 0.15) is 24.1 Å². The quantitative estimate of drug-likeness (QED) is 0.312. The van der Waals surface area contributed by atoms with E-state index in [9.17, 15) is 9.59 Å². The molecule has 1 atom stereocenters. The molecule has 0 aliphatic carbocycles. The standard InChI is InChI=1S/C27H28ClN3O4/c1-18(2)25(30-26(32)20-10-14-23(34-3)15-11-20)27(33)31-29-16-21-6-4-5-7-24(21)35-17-19-8-12-22(28)13-9-19/h4-16,18,25H,17H2,1-3H3,(H,30,32)(H,31,33). The third-order valence-electron chi connectivity index (χ3n) is 5.19. The minimum absolute atomic E-state index is 0.151. The van der Waals surface area contributed by atoms with E-state index in [1.165, 1.54) is 6.21 Å². The molecule has 0 fully saturated rings. The van der Waals surface area contributed by atoms with Gasteiger partial charge >= 0.3 is 0 Å². The number of amides is 2. The van der Waals surface area contributed by atoms with Crippen LogP contribution in [0.3, 0.4) is 0 Å². The topological polar surface area (TPSA) is 89.0 Å². The summed E-state index contributed by atoms with van der Waals surface area (Å²) in [5.74, 6) is 0.339. The van der Waals surface area contributed by atoms with Crippen molar-refractivity contribution in [2.24, 2.45) is 11.0 Å². The number of hydrogen-bond donors (Lipinski definition) is 2. The predicted octanol–water partition coefficient (Wildman–Crippen LogP) is 4.83. The maximum absolute atomic E-state index is 12.8. The zero-order valence-corrected chi connectivity index (χ0v) is 20.6. The first-order valence-corrected chi connectivity index (χ1v) is 11.5. The van der Waals surface area contributed by atoms with Crippen LogP contribution in [0.4, 0.5) is 0 Å². The molecule has 3 aromatic rings. The number of carbonyl (C=O) groups is 2. The van der Waals surface area contributed by atoms with Crippen LogP contribution in [0.2, 0.25) is 5.02 Å². The first kappa shape index (κ1) is 25.8. The molecule has 0 saturated carbocycles. The summed E-state index contributed by atoms with van der Waals surface area (Å²) in [6, 6.07) is 20.7. The molecule has 0 aliphatic heterocycles. The molecule has 8 heteroatoms. The highest BCUT2D eigenvalue weighted by atomic mass is 35.5. The first-order valence-electron chi connectivity index (χ1n) is 11.1. The molecule has 0 heterocycles. The van der Waals surface area contributed by atoms with E-state index in [-0.39, 0.29) is 11.8 Å². The number of hydrazone groups is 1. The molecule has 3 aromatic carbocycles. The van der Waals surface area contributed by atoms with E-state index in [1.54, 1.807) is 31.4 Å². The van der Waals surface area contributed by atoms with Crippen LogP contribution in [0.1, 0.15) is 35.3 Å². The Morgan fingerprint density at radius 2 is 1.69 bits per heavy atom. The molecule has 0 radical (unpaired) electrons. The van der Waals surface area contributed by atoms with Crippen molar-refractivity contribution in [3.05, 3.63) is 94.5 Å². The third kappa shape index (κ3) is 7.58. The zero-order valence-electron chi connectivity index (χ0n) is 19.8. The Labute approximate surface area is 210 Å². The summed E-state index contributed by atoms with van der Waals surface area (Å²) >= 11 is 5.93. The van der Waals surface area contributed by atoms with Gasteiger partial charge in [-0.1, -0.05) is 49.7 Å². The van der Waals surface area contributed by atoms with Crippen LogP contribution in [0.15, 0.2) is 77.9 Å². The van der Waals surface area contributed by atoms with E-state index in [2.05, 4.69) is 15.8 Å². The Kier molecular flexibility index (Phi) is 9.26. The SMILES string of the molecule is COc1ccc(C(=O)NC(C(=O)NN=Cc2ccccc2OCc2ccc(Cl)cc2)C(C)C)cc1. The van der Waals surface area contributed by atoms with Crippen molar-refractivity contribution in [3.8, 4) is 11.5 Å². The van der Waals surface area contributed by atoms with Crippen molar-refractivity contribution >= 4 is 29.6 Å². The van der Waals surface area contributed by atoms with Gasteiger partial charge < -0.3 is 14.8 Å². The number of nitrogens with zero attached hydrogens (tertiary/aromatic N) is 1. The number of hydrogen-bond acceptors (Lipinski definition) is 5. The van der Waals surface area contributed by atoms with Crippen LogP contribution < -0.4 is 20.2 Å². The zero-order chi connectivity index (χ0) is 25.2. The summed E-state index contributed by atoms with van der Waals surface area (Å²) in [7, 11) is 1.55. The Bertz CT molecular complexity index is 1160. The summed E-state index contributed by atoms with van der Waals surface area (Å²) in [5.41, 5.74) is 4.62. The van der Waals surface area contributed by atoms with Gasteiger partial charge in [0.2, 0.25) is 0 Å². The van der Waals surface area contributed by atoms with Crippen LogP contribution in [-0.4, -0.2) is 31.2 Å². The average Bonchev–Trinajstić information content (AvgIpc) is 2.87. The van der Waals surface area contributed by atoms with Gasteiger partial charge in [-0.05, 0) is 60.0 Å². The summed E-state index contributed by atoms with van der Waals surface area (Å²) in [5, 5.41) is 7.52. The van der Waals surface area contributed by atoms with Crippen LogP contribution >= 0.6 is 11.6 Å². The monoisotopic (exact) mass is 493 g/mol. The molecule has 182 valence electrons. The largest absolute Gasteiger partial charge is 0.497 e. The molecule has 35 heavy (non-hydrogen) atoms. The van der Waals surface area contributed by atoms with Crippen LogP contribution in [-0.2, 0) is 11.4 Å². The van der Waals surface area contributed by atoms with Crippen molar-refractivity contribution in [1.29, 1.82) is 0 Å². The van der Waals surface area contributed by atoms with Crippen molar-refractivity contribution < 1.29 is 19.1 Å². The number of para-hydroxylation sites is 1. The van der Waals surface area contributed by atoms with E-state index >= 15 is 0 Å². The first-order chi connectivity index (χ1) is 16.9. The van der Waals surface area contributed by atoms with E-state index in [0.717, 1.165) is 5.56 Å². The third-order valence-corrected chi connectivity index (χ3v) is 5.44. The van der Waals surface area contributed by atoms with Crippen molar-refractivity contribution in [2.75, 3.05) is 7.11 Å². The van der Waals surface area contributed by atoms with E-state index in [4.69, 9.17) is 21.1 Å². The van der Waals surface area contributed by atoms with Crippen molar-refractivity contribution in [3.63, 3.8) is 0 Å². The van der Waals surface area contributed by atoms with Crippen LogP contribution in [0.25, 0.3) is 0 Å². The lowest BCUT2D eigenvalue weighted by atomic mass is 10.0. The fraction of sp³-hybridized carbons (Fsp3) is 0.222. The number of carbonyl (C=O) groups excluding carboxylic acids is 2. The van der Waals surface area contributed by atoms with Gasteiger partial charge in [-0.3, -0.25) is 9.59 Å². The maximum atomic E-state index is 12.8. The van der Waals surface area contributed by atoms with Gasteiger partial charge in [-0.2, -0.15) is 5.10 Å². The molecule has 7 nitrogen and oxygen atoms in total. The molecule has 0 aliphatic rings. The second-order valence-electron chi connectivity index (χ2n) is 8.11. The predicted molar refractivity (Wildman–Crippen MR) is 137 cm³/mol. The minimum Gasteiger partial charge on any atom is -0.497 e. The fourth-order valence-electron chi connectivity index (χ4n) is 3.20. The van der Waals surface area contributed by atoms with E-state index in [0.29, 0.717) is 34.3 Å². The number of rotatable bonds is 10. The Balaban J connectivity index is 1.61. The second-order valence-corrected chi connectivity index (χ2v) is 8.55. The van der Waals surface area contributed by atoms with Gasteiger partial charge in [0.25, 0.3) is 11.8 Å². The Hall–Kier alpha value is -3.84. The number of halogens is 1. The van der Waals surface area contributed by atoms with Gasteiger partial charge in [0.15, 0.2) is 0 Å². The molecule has 2 amide bonds. The Morgan fingerprint density at radius 3 is 2.34 bits per heavy atom. The molecule has 0 aromatic heterocycles. The molecular formula is C27H28ClN3O4. The Morgan fingerprint density at radius 1 is 1.00 bits per heavy atom. The minimum atomic E-state index is -0.766. The smallest absolute Gasteiger partial charge is 0.262 e. The van der Waals surface area contributed by atoms with Gasteiger partial charge in [-0.15, -0.1) is 0 Å². The molecular weight excluding hydrogens is 466 g/mol. The van der Waals surface area contributed by atoms with Gasteiger partial charge in [0, 0.05) is 16.1 Å². The molecule has 2 N–H and O–H groups in total. The lowest BCUT2D eigenvalue weighted by Gasteiger charge is -2.20. The highest BCUT2D eigenvalue weighted by Gasteiger charge is 2.24. The number of methoxy groups -OCH3 is 1. The molecule has 1 unspecified atom stereocenters. The summed E-state index contributed by atoms with van der Waals surface area (Å²) in [6.45, 7) is 4.06. The van der Waals surface area contributed by atoms with Gasteiger partial charge in [0.05, 0.1) is 13.3 Å². The highest BCUT2D eigenvalue weighted by Crippen LogP contribution is 2.18. The van der Waals surface area contributed by atoms with Crippen molar-refractivity contribution in [1.82, 2.24) is 10.7 Å². The van der Waals surface area contributed by atoms with Crippen LogP contribution in [0, 0.1) is 5.92 Å². The number of benzene rings is 3. The average molecular weight is 494 g/mol. The lowest BCUT2D eigenvalue weighted by Crippen LogP contribution is -2.48. The summed E-state index contributed by atoms with van der Waals surface area (Å²) < 4.78 is 11.0. The van der Waals surface area contributed by atoms with Gasteiger partial charge in [-0.25, -0.2) is 5.43 Å². The maximum Gasteiger partial charge on any atom is 0.262 e. The van der Waals surface area contributed by atoms with Crippen molar-refractivity contribution in [2.45, 2.75) is 26.5 Å². The van der Waals surface area contributed by atoms with Crippen LogP contribution in [0.5, 0.6) is 11.5 Å². The van der Waals surface area contributed by atoms with E-state index in [1.807, 2.05) is 62.4 Å². The summed E-state index contributed by atoms with van der Waals surface area (Å²) in [4.78, 5) is 25.4. The second kappa shape index (κ2) is 12.6.